The molecule has 2 amide bonds. The van der Waals surface area contributed by atoms with E-state index in [2.05, 4.69) is 95.8 Å². The van der Waals surface area contributed by atoms with Crippen LogP contribution >= 0.6 is 0 Å². The molecule has 1 rings (SSSR count). The van der Waals surface area contributed by atoms with Gasteiger partial charge in [0.15, 0.2) is 0 Å². The van der Waals surface area contributed by atoms with Crippen molar-refractivity contribution in [3.63, 3.8) is 0 Å². The molecular weight excluding hydrogens is 470 g/mol. The topological polar surface area (TPSA) is 70.2 Å². The number of carbonyl (C=O) groups is 2. The molecule has 38 heavy (non-hydrogen) atoms. The molecule has 0 aliphatic carbocycles. The number of hydrogen-bond acceptors (Lipinski definition) is 3. The molecule has 3 N–H and O–H groups in total. The largest absolute Gasteiger partial charge is 0.355 e. The highest BCUT2D eigenvalue weighted by molar-refractivity contribution is 5.94. The van der Waals surface area contributed by atoms with Crippen molar-refractivity contribution >= 4 is 11.8 Å². The van der Waals surface area contributed by atoms with Gasteiger partial charge in [0.1, 0.15) is 0 Å². The van der Waals surface area contributed by atoms with Crippen molar-refractivity contribution in [2.24, 2.45) is 0 Å². The normalized spacial score (nSPS) is 12.2. The van der Waals surface area contributed by atoms with Crippen LogP contribution in [-0.2, 0) is 4.79 Å². The van der Waals surface area contributed by atoms with Crippen molar-refractivity contribution in [1.29, 1.82) is 0 Å². The molecule has 0 saturated heterocycles. The average molecular weight is 518 g/mol. The predicted molar refractivity (Wildman–Crippen MR) is 162 cm³/mol. The number of amides is 2. The fourth-order valence-electron chi connectivity index (χ4n) is 3.31. The highest BCUT2D eigenvalue weighted by Gasteiger charge is 2.02. The zero-order valence-electron chi connectivity index (χ0n) is 23.1. The lowest BCUT2D eigenvalue weighted by Gasteiger charge is -2.08. The van der Waals surface area contributed by atoms with Crippen LogP contribution in [0.4, 0.5) is 0 Å². The van der Waals surface area contributed by atoms with Crippen molar-refractivity contribution in [2.45, 2.75) is 58.3 Å². The maximum Gasteiger partial charge on any atom is 0.251 e. The van der Waals surface area contributed by atoms with E-state index in [4.69, 9.17) is 0 Å². The zero-order chi connectivity index (χ0) is 27.4. The fourth-order valence-corrected chi connectivity index (χ4v) is 3.31. The zero-order valence-corrected chi connectivity index (χ0v) is 23.1. The molecule has 0 fully saturated rings. The molecule has 5 nitrogen and oxygen atoms in total. The molecule has 1 aromatic carbocycles. The monoisotopic (exact) mass is 517 g/mol. The molecule has 1 aromatic rings. The summed E-state index contributed by atoms with van der Waals surface area (Å²) in [5.74, 6) is -0.0150. The van der Waals surface area contributed by atoms with E-state index >= 15 is 0 Å². The molecule has 0 saturated carbocycles. The van der Waals surface area contributed by atoms with E-state index in [0.29, 0.717) is 38.2 Å². The Hall–Kier alpha value is -3.44. The van der Waals surface area contributed by atoms with Crippen LogP contribution in [-0.4, -0.2) is 38.0 Å². The third-order valence-corrected chi connectivity index (χ3v) is 5.38. The second-order valence-electron chi connectivity index (χ2n) is 8.68. The van der Waals surface area contributed by atoms with Crippen molar-refractivity contribution < 1.29 is 9.59 Å². The Labute approximate surface area is 230 Å². The Morgan fingerprint density at radius 2 is 1.08 bits per heavy atom. The van der Waals surface area contributed by atoms with E-state index in [1.54, 1.807) is 12.1 Å². The van der Waals surface area contributed by atoms with Crippen LogP contribution in [0, 0.1) is 0 Å². The van der Waals surface area contributed by atoms with Crippen LogP contribution in [0.15, 0.2) is 103 Å². The van der Waals surface area contributed by atoms with Crippen molar-refractivity contribution in [3.8, 4) is 0 Å². The van der Waals surface area contributed by atoms with Gasteiger partial charge in [-0.3, -0.25) is 9.59 Å². The molecular formula is C33H47N3O2. The first kappa shape index (κ1) is 32.6. The smallest absolute Gasteiger partial charge is 0.251 e. The van der Waals surface area contributed by atoms with Gasteiger partial charge in [-0.15, -0.1) is 0 Å². The van der Waals surface area contributed by atoms with E-state index < -0.39 is 0 Å². The van der Waals surface area contributed by atoms with Crippen LogP contribution in [0.5, 0.6) is 0 Å². The van der Waals surface area contributed by atoms with Gasteiger partial charge in [-0.25, -0.2) is 0 Å². The number of hydrogen-bond donors (Lipinski definition) is 3. The number of allylic oxidation sites excluding steroid dienone is 12. The van der Waals surface area contributed by atoms with Crippen LogP contribution in [0.3, 0.4) is 0 Å². The van der Waals surface area contributed by atoms with E-state index in [9.17, 15) is 9.59 Å². The third-order valence-electron chi connectivity index (χ3n) is 5.38. The van der Waals surface area contributed by atoms with Crippen molar-refractivity contribution in [1.82, 2.24) is 16.0 Å². The number of benzene rings is 1. The highest BCUT2D eigenvalue weighted by atomic mass is 16.2. The summed E-state index contributed by atoms with van der Waals surface area (Å²) in [7, 11) is 0. The second-order valence-corrected chi connectivity index (χ2v) is 8.68. The molecule has 0 unspecified atom stereocenters. The minimum absolute atomic E-state index is 0.0590. The minimum atomic E-state index is -0.0740. The highest BCUT2D eigenvalue weighted by Crippen LogP contribution is 1.98. The number of carbonyl (C=O) groups excluding carboxylic acids is 2. The Kier molecular flexibility index (Phi) is 21.6. The van der Waals surface area contributed by atoms with E-state index in [-0.39, 0.29) is 11.8 Å². The van der Waals surface area contributed by atoms with Crippen LogP contribution in [0.1, 0.15) is 68.6 Å². The van der Waals surface area contributed by atoms with Crippen molar-refractivity contribution in [2.75, 3.05) is 26.2 Å². The maximum absolute atomic E-state index is 11.9. The summed E-state index contributed by atoms with van der Waals surface area (Å²) in [5, 5.41) is 8.99. The van der Waals surface area contributed by atoms with Gasteiger partial charge in [0.2, 0.25) is 5.91 Å². The lowest BCUT2D eigenvalue weighted by Crippen LogP contribution is -2.36. The van der Waals surface area contributed by atoms with Crippen LogP contribution in [0.2, 0.25) is 0 Å². The molecule has 0 atom stereocenters. The molecule has 0 spiro atoms. The van der Waals surface area contributed by atoms with Gasteiger partial charge in [0.25, 0.3) is 5.91 Å². The lowest BCUT2D eigenvalue weighted by molar-refractivity contribution is -0.120. The molecule has 206 valence electrons. The third kappa shape index (κ3) is 20.7. The van der Waals surface area contributed by atoms with Gasteiger partial charge in [-0.05, 0) is 57.1 Å². The van der Waals surface area contributed by atoms with Gasteiger partial charge in [0, 0.05) is 38.2 Å². The molecule has 0 radical (unpaired) electrons. The van der Waals surface area contributed by atoms with Gasteiger partial charge in [0.05, 0.1) is 0 Å². The average Bonchev–Trinajstić information content (AvgIpc) is 2.94. The first-order valence-corrected chi connectivity index (χ1v) is 13.9. The van der Waals surface area contributed by atoms with Gasteiger partial charge < -0.3 is 16.0 Å². The fraction of sp³-hybridized carbons (Fsp3) is 0.394. The van der Waals surface area contributed by atoms with Crippen LogP contribution < -0.4 is 16.0 Å². The summed E-state index contributed by atoms with van der Waals surface area (Å²) in [6, 6.07) is 9.16. The minimum Gasteiger partial charge on any atom is -0.355 e. The summed E-state index contributed by atoms with van der Waals surface area (Å²) in [5.41, 5.74) is 0.659. The second kappa shape index (κ2) is 25.2. The van der Waals surface area contributed by atoms with Crippen molar-refractivity contribution in [3.05, 3.63) is 109 Å². The molecule has 0 heterocycles. The molecule has 0 aliphatic rings. The number of nitrogens with one attached hydrogen (secondary N) is 3. The molecule has 0 aromatic heterocycles. The van der Waals surface area contributed by atoms with Gasteiger partial charge in [-0.1, -0.05) is 98.0 Å². The Morgan fingerprint density at radius 3 is 1.61 bits per heavy atom. The predicted octanol–water partition coefficient (Wildman–Crippen LogP) is 6.60. The quantitative estimate of drug-likeness (QED) is 0.127. The summed E-state index contributed by atoms with van der Waals surface area (Å²) in [4.78, 5) is 23.8. The molecule has 0 aliphatic heterocycles. The Balaban J connectivity index is 1.91. The van der Waals surface area contributed by atoms with E-state index in [0.717, 1.165) is 44.9 Å². The summed E-state index contributed by atoms with van der Waals surface area (Å²) in [6.45, 7) is 4.61. The number of rotatable bonds is 21. The Morgan fingerprint density at radius 1 is 0.605 bits per heavy atom. The van der Waals surface area contributed by atoms with E-state index in [1.807, 2.05) is 18.2 Å². The van der Waals surface area contributed by atoms with Gasteiger partial charge in [-0.2, -0.15) is 0 Å². The van der Waals surface area contributed by atoms with E-state index in [1.165, 1.54) is 0 Å². The van der Waals surface area contributed by atoms with Gasteiger partial charge >= 0.3 is 0 Å². The lowest BCUT2D eigenvalue weighted by atomic mass is 10.2. The summed E-state index contributed by atoms with van der Waals surface area (Å²) in [6.07, 6.45) is 33.3. The first-order valence-electron chi connectivity index (χ1n) is 13.9. The maximum atomic E-state index is 11.9. The SMILES string of the molecule is CC/C=C\C/C=C\C/C=C\C/C=C\C/C=C\C/C=C\CCC(=O)NCCNCCNC(=O)c1ccccc1. The first-order chi connectivity index (χ1) is 18.7. The molecule has 5 heteroatoms. The Bertz CT molecular complexity index is 911. The molecule has 0 bridgehead atoms. The van der Waals surface area contributed by atoms with Crippen LogP contribution in [0.25, 0.3) is 0 Å². The summed E-state index contributed by atoms with van der Waals surface area (Å²) >= 11 is 0. The summed E-state index contributed by atoms with van der Waals surface area (Å²) < 4.78 is 0. The standard InChI is InChI=1S/C33H47N3O2/c1-2-3-4-5-6-7-8-9-10-11-12-13-14-15-16-17-18-19-23-26-32(37)35-29-27-34-28-30-36-33(38)31-24-21-20-22-25-31/h3-4,6-7,9-10,12-13,15-16,18-22,24-25,34H,2,5,8,11,14,17,23,26-30H2,1H3,(H,35,37)(H,36,38)/b4-3-,7-6-,10-9-,13-12-,16-15-,19-18-.